The number of hydrogen-bond donors (Lipinski definition) is 0. The first-order valence-corrected chi connectivity index (χ1v) is 10.3. The molecule has 3 rings (SSSR count). The maximum atomic E-state index is 7.32. The fourth-order valence-corrected chi connectivity index (χ4v) is 3.78. The second kappa shape index (κ2) is 11.2. The van der Waals surface area contributed by atoms with Crippen LogP contribution < -0.4 is 0 Å². The second-order valence-corrected chi connectivity index (χ2v) is 8.14. The Labute approximate surface area is 167 Å². The molecule has 0 amide bonds. The van der Waals surface area contributed by atoms with E-state index in [4.69, 9.17) is 5.26 Å². The van der Waals surface area contributed by atoms with Gasteiger partial charge in [-0.1, -0.05) is 70.5 Å². The van der Waals surface area contributed by atoms with Crippen molar-refractivity contribution < 1.29 is 0 Å². The lowest BCUT2D eigenvalue weighted by Gasteiger charge is -2.16. The van der Waals surface area contributed by atoms with E-state index in [-0.39, 0.29) is 0 Å². The Bertz CT molecular complexity index is 676. The number of halogens is 1. The highest BCUT2D eigenvalue weighted by Gasteiger charge is 2.35. The Balaban J connectivity index is 0.000000758. The van der Waals surface area contributed by atoms with Crippen molar-refractivity contribution in [3.05, 3.63) is 71.3 Å². The molecule has 0 spiro atoms. The summed E-state index contributed by atoms with van der Waals surface area (Å²) in [6.45, 7) is 3.73. The van der Waals surface area contributed by atoms with Crippen LogP contribution in [0.15, 0.2) is 54.6 Å². The zero-order chi connectivity index (χ0) is 18.8. The first-order valence-electron chi connectivity index (χ1n) is 9.40. The van der Waals surface area contributed by atoms with Crippen molar-refractivity contribution in [2.45, 2.75) is 43.4 Å². The van der Waals surface area contributed by atoms with Gasteiger partial charge in [0.25, 0.3) is 0 Å². The molecule has 1 saturated carbocycles. The maximum Gasteiger partial charge on any atom is 0.0587 e. The maximum absolute atomic E-state index is 7.32. The van der Waals surface area contributed by atoms with E-state index in [1.54, 1.807) is 6.07 Å². The molecule has 1 fully saturated rings. The average molecular weight is 413 g/mol. The SMILES string of the molecule is CC#N.CN(CCCc1ccc(C2CC2Br)cc1)CCc1ccccc1. The molecule has 0 saturated heterocycles. The average Bonchev–Trinajstić information content (AvgIpc) is 3.39. The third-order valence-electron chi connectivity index (χ3n) is 4.75. The number of likely N-dealkylation sites (N-methyl/N-ethyl adjacent to an activating group) is 1. The molecule has 1 aliphatic carbocycles. The van der Waals surface area contributed by atoms with Crippen molar-refractivity contribution in [2.24, 2.45) is 0 Å². The Hall–Kier alpha value is -1.63. The number of aryl methyl sites for hydroxylation is 1. The molecule has 0 radical (unpaired) electrons. The van der Waals surface area contributed by atoms with Gasteiger partial charge in [0.2, 0.25) is 0 Å². The molecular formula is C23H29BrN2. The van der Waals surface area contributed by atoms with Crippen molar-refractivity contribution in [2.75, 3.05) is 20.1 Å². The van der Waals surface area contributed by atoms with Crippen LogP contribution in [0.5, 0.6) is 0 Å². The van der Waals surface area contributed by atoms with Crippen LogP contribution in [0.4, 0.5) is 0 Å². The fraction of sp³-hybridized carbons (Fsp3) is 0.435. The van der Waals surface area contributed by atoms with Gasteiger partial charge in [0.1, 0.15) is 0 Å². The van der Waals surface area contributed by atoms with Gasteiger partial charge in [0.15, 0.2) is 0 Å². The summed E-state index contributed by atoms with van der Waals surface area (Å²) in [6, 6.07) is 21.8. The number of rotatable bonds is 8. The third-order valence-corrected chi connectivity index (χ3v) is 5.76. The minimum atomic E-state index is 0.714. The number of nitriles is 1. The minimum Gasteiger partial charge on any atom is -0.306 e. The molecule has 26 heavy (non-hydrogen) atoms. The molecule has 0 N–H and O–H groups in total. The zero-order valence-electron chi connectivity index (χ0n) is 15.9. The summed E-state index contributed by atoms with van der Waals surface area (Å²) in [6.07, 6.45) is 4.85. The zero-order valence-corrected chi connectivity index (χ0v) is 17.5. The molecule has 3 heteroatoms. The van der Waals surface area contributed by atoms with Crippen molar-refractivity contribution >= 4 is 15.9 Å². The number of nitrogens with zero attached hydrogens (tertiary/aromatic N) is 2. The number of benzene rings is 2. The van der Waals surface area contributed by atoms with E-state index >= 15 is 0 Å². The molecule has 1 aliphatic rings. The molecular weight excluding hydrogens is 384 g/mol. The minimum absolute atomic E-state index is 0.714. The Morgan fingerprint density at radius 1 is 1.00 bits per heavy atom. The van der Waals surface area contributed by atoms with E-state index in [1.165, 1.54) is 49.4 Å². The van der Waals surface area contributed by atoms with Crippen LogP contribution in [-0.2, 0) is 12.8 Å². The standard InChI is InChI=1S/C21H26BrN.C2H3N/c1-23(15-13-17-6-3-2-4-7-17)14-5-8-18-9-11-19(12-10-18)20-16-21(20)22;1-2-3/h2-4,6-7,9-12,20-21H,5,8,13-16H2,1H3;1H3. The molecule has 0 aliphatic heterocycles. The van der Waals surface area contributed by atoms with E-state index in [0.29, 0.717) is 4.83 Å². The van der Waals surface area contributed by atoms with E-state index in [9.17, 15) is 0 Å². The van der Waals surface area contributed by atoms with Gasteiger partial charge in [-0.25, -0.2) is 0 Å². The van der Waals surface area contributed by atoms with Gasteiger partial charge in [-0.15, -0.1) is 0 Å². The van der Waals surface area contributed by atoms with Gasteiger partial charge in [-0.3, -0.25) is 0 Å². The summed E-state index contributed by atoms with van der Waals surface area (Å²) in [5, 5.41) is 7.32. The normalized spacial score (nSPS) is 18.0. The molecule has 2 aromatic rings. The highest BCUT2D eigenvalue weighted by Crippen LogP contribution is 2.46. The molecule has 2 aromatic carbocycles. The summed E-state index contributed by atoms with van der Waals surface area (Å²) < 4.78 is 0. The first-order chi connectivity index (χ1) is 12.6. The first kappa shape index (κ1) is 20.7. The van der Waals surface area contributed by atoms with E-state index in [0.717, 1.165) is 18.9 Å². The van der Waals surface area contributed by atoms with Gasteiger partial charge in [0.05, 0.1) is 6.07 Å². The molecule has 0 bridgehead atoms. The van der Waals surface area contributed by atoms with Crippen LogP contribution >= 0.6 is 15.9 Å². The van der Waals surface area contributed by atoms with E-state index < -0.39 is 0 Å². The lowest BCUT2D eigenvalue weighted by atomic mass is 10.0. The summed E-state index contributed by atoms with van der Waals surface area (Å²) >= 11 is 3.69. The smallest absolute Gasteiger partial charge is 0.0587 e. The Morgan fingerprint density at radius 2 is 1.58 bits per heavy atom. The van der Waals surface area contributed by atoms with Gasteiger partial charge in [-0.2, -0.15) is 5.26 Å². The summed E-state index contributed by atoms with van der Waals surface area (Å²) in [4.78, 5) is 3.16. The quantitative estimate of drug-likeness (QED) is 0.529. The van der Waals surface area contributed by atoms with Crippen LogP contribution in [0.2, 0.25) is 0 Å². The lowest BCUT2D eigenvalue weighted by molar-refractivity contribution is 0.333. The van der Waals surface area contributed by atoms with Crippen molar-refractivity contribution in [3.8, 4) is 6.07 Å². The third kappa shape index (κ3) is 7.32. The van der Waals surface area contributed by atoms with Crippen LogP contribution in [0.3, 0.4) is 0 Å². The molecule has 2 atom stereocenters. The second-order valence-electron chi connectivity index (χ2n) is 6.97. The highest BCUT2D eigenvalue weighted by atomic mass is 79.9. The van der Waals surface area contributed by atoms with Gasteiger partial charge in [0, 0.05) is 18.3 Å². The topological polar surface area (TPSA) is 27.0 Å². The van der Waals surface area contributed by atoms with Crippen molar-refractivity contribution in [1.29, 1.82) is 5.26 Å². The highest BCUT2D eigenvalue weighted by molar-refractivity contribution is 9.09. The largest absolute Gasteiger partial charge is 0.306 e. The van der Waals surface area contributed by atoms with Crippen molar-refractivity contribution in [3.63, 3.8) is 0 Å². The summed E-state index contributed by atoms with van der Waals surface area (Å²) in [5.41, 5.74) is 4.40. The predicted octanol–water partition coefficient (Wildman–Crippen LogP) is 5.57. The number of hydrogen-bond acceptors (Lipinski definition) is 2. The van der Waals surface area contributed by atoms with E-state index in [1.807, 2.05) is 0 Å². The molecule has 0 heterocycles. The molecule has 2 nitrogen and oxygen atoms in total. The molecule has 2 unspecified atom stereocenters. The van der Waals surface area contributed by atoms with Gasteiger partial charge in [-0.05, 0) is 61.9 Å². The Morgan fingerprint density at radius 3 is 2.15 bits per heavy atom. The monoisotopic (exact) mass is 412 g/mol. The predicted molar refractivity (Wildman–Crippen MR) is 114 cm³/mol. The van der Waals surface area contributed by atoms with Gasteiger partial charge < -0.3 is 4.90 Å². The number of alkyl halides is 1. The van der Waals surface area contributed by atoms with Gasteiger partial charge >= 0.3 is 0 Å². The Kier molecular flexibility index (Phi) is 8.88. The van der Waals surface area contributed by atoms with Crippen LogP contribution in [-0.4, -0.2) is 29.9 Å². The fourth-order valence-electron chi connectivity index (χ4n) is 3.07. The molecule has 0 aromatic heterocycles. The summed E-state index contributed by atoms with van der Waals surface area (Å²) in [7, 11) is 2.23. The van der Waals surface area contributed by atoms with Crippen molar-refractivity contribution in [1.82, 2.24) is 4.90 Å². The van der Waals surface area contributed by atoms with E-state index in [2.05, 4.69) is 82.5 Å². The van der Waals surface area contributed by atoms with Crippen LogP contribution in [0, 0.1) is 11.3 Å². The lowest BCUT2D eigenvalue weighted by Crippen LogP contribution is -2.22. The summed E-state index contributed by atoms with van der Waals surface area (Å²) in [5.74, 6) is 0.758. The molecule has 138 valence electrons. The van der Waals surface area contributed by atoms with Crippen LogP contribution in [0.25, 0.3) is 0 Å². The van der Waals surface area contributed by atoms with Crippen LogP contribution in [0.1, 0.15) is 42.4 Å².